The van der Waals surface area contributed by atoms with E-state index in [0.717, 1.165) is 24.1 Å². The largest absolute Gasteiger partial charge is 0.490 e. The number of aryl methyl sites for hydroxylation is 1. The highest BCUT2D eigenvalue weighted by Crippen LogP contribution is 2.38. The fourth-order valence-electron chi connectivity index (χ4n) is 4.18. The molecule has 1 saturated heterocycles. The molecule has 1 fully saturated rings. The fourth-order valence-corrected chi connectivity index (χ4v) is 4.18. The van der Waals surface area contributed by atoms with Gasteiger partial charge in [-0.05, 0) is 44.7 Å². The monoisotopic (exact) mass is 429 g/mol. The summed E-state index contributed by atoms with van der Waals surface area (Å²) in [6.45, 7) is 4.02. The van der Waals surface area contributed by atoms with Crippen LogP contribution < -0.4 is 9.64 Å². The molecule has 2 aliphatic rings. The number of benzene rings is 1. The summed E-state index contributed by atoms with van der Waals surface area (Å²) in [5.74, 6) is -0.156. The normalized spacial score (nSPS) is 17.3. The maximum atomic E-state index is 14.6. The quantitative estimate of drug-likeness (QED) is 0.675. The lowest BCUT2D eigenvalue weighted by molar-refractivity contribution is -0.149. The number of carbonyl (C=O) groups is 1. The number of aromatic nitrogens is 2. The van der Waals surface area contributed by atoms with Crippen LogP contribution in [0, 0.1) is 11.2 Å². The number of halogens is 1. The molecule has 0 bridgehead atoms. The fraction of sp³-hybridized carbons (Fsp3) is 0.522. The Labute approximate surface area is 181 Å². The lowest BCUT2D eigenvalue weighted by atomic mass is 9.80. The van der Waals surface area contributed by atoms with Crippen LogP contribution in [0.3, 0.4) is 0 Å². The molecule has 2 aromatic rings. The third-order valence-corrected chi connectivity index (χ3v) is 6.28. The molecular weight excluding hydrogens is 401 g/mol. The highest BCUT2D eigenvalue weighted by molar-refractivity contribution is 5.76. The summed E-state index contributed by atoms with van der Waals surface area (Å²) in [6.07, 6.45) is 4.99. The maximum absolute atomic E-state index is 14.6. The van der Waals surface area contributed by atoms with E-state index >= 15 is 0 Å². The van der Waals surface area contributed by atoms with Gasteiger partial charge in [-0.15, -0.1) is 0 Å². The van der Waals surface area contributed by atoms with Crippen LogP contribution in [-0.2, 0) is 22.4 Å². The molecule has 1 aromatic heterocycles. The Hall–Kier alpha value is -2.74. The molecular formula is C23H28FN3O4. The minimum atomic E-state index is -0.771. The van der Waals surface area contributed by atoms with Gasteiger partial charge in [0.15, 0.2) is 17.4 Å². The van der Waals surface area contributed by atoms with Crippen molar-refractivity contribution >= 4 is 11.8 Å². The van der Waals surface area contributed by atoms with Gasteiger partial charge >= 0.3 is 5.97 Å². The van der Waals surface area contributed by atoms with E-state index in [1.807, 2.05) is 6.07 Å². The molecule has 8 heteroatoms. The first-order valence-corrected chi connectivity index (χ1v) is 10.7. The molecule has 4 rings (SSSR count). The smallest absolute Gasteiger partial charge is 0.309 e. The number of rotatable bonds is 7. The average Bonchev–Trinajstić information content (AvgIpc) is 3.24. The zero-order valence-corrected chi connectivity index (χ0v) is 18.0. The van der Waals surface area contributed by atoms with Gasteiger partial charge in [-0.3, -0.25) is 9.78 Å². The van der Waals surface area contributed by atoms with E-state index in [2.05, 4.69) is 9.88 Å². The van der Waals surface area contributed by atoms with E-state index in [0.29, 0.717) is 68.4 Å². The second-order valence-electron chi connectivity index (χ2n) is 8.53. The number of hydrogen-bond acceptors (Lipinski definition) is 6. The van der Waals surface area contributed by atoms with Gasteiger partial charge in [-0.2, -0.15) is 0 Å². The minimum absolute atomic E-state index is 0.324. The number of carboxylic acid groups (broad SMARTS) is 1. The second-order valence-corrected chi connectivity index (χ2v) is 8.53. The van der Waals surface area contributed by atoms with Gasteiger partial charge in [-0.25, -0.2) is 9.37 Å². The Morgan fingerprint density at radius 3 is 2.84 bits per heavy atom. The zero-order valence-electron chi connectivity index (χ0n) is 18.0. The summed E-state index contributed by atoms with van der Waals surface area (Å²) >= 11 is 0. The van der Waals surface area contributed by atoms with Crippen molar-refractivity contribution in [1.29, 1.82) is 0 Å². The van der Waals surface area contributed by atoms with Crippen LogP contribution in [-0.4, -0.2) is 54.5 Å². The van der Waals surface area contributed by atoms with Gasteiger partial charge in [0.05, 0.1) is 17.7 Å². The summed E-state index contributed by atoms with van der Waals surface area (Å²) in [5, 5.41) is 9.56. The van der Waals surface area contributed by atoms with Crippen LogP contribution in [0.5, 0.6) is 5.75 Å². The molecule has 0 amide bonds. The highest BCUT2D eigenvalue weighted by Gasteiger charge is 2.38. The van der Waals surface area contributed by atoms with Crippen molar-refractivity contribution in [3.63, 3.8) is 0 Å². The summed E-state index contributed by atoms with van der Waals surface area (Å²) in [6, 6.07) is 3.38. The first-order valence-electron chi connectivity index (χ1n) is 10.7. The summed E-state index contributed by atoms with van der Waals surface area (Å²) in [7, 11) is 1.67. The number of methoxy groups -OCH3 is 1. The summed E-state index contributed by atoms with van der Waals surface area (Å²) in [5.41, 5.74) is 2.22. The van der Waals surface area contributed by atoms with Crippen LogP contribution in [0.1, 0.15) is 37.4 Å². The number of hydrogen-bond donors (Lipinski definition) is 1. The Kier molecular flexibility index (Phi) is 6.09. The van der Waals surface area contributed by atoms with E-state index in [1.165, 1.54) is 6.07 Å². The van der Waals surface area contributed by atoms with E-state index < -0.39 is 11.4 Å². The third kappa shape index (κ3) is 4.35. The first kappa shape index (κ1) is 21.5. The first-order chi connectivity index (χ1) is 14.9. The number of nitrogens with zero attached hydrogens (tertiary/aromatic N) is 3. The Balaban J connectivity index is 1.69. The molecule has 0 saturated carbocycles. The maximum Gasteiger partial charge on any atom is 0.309 e. The molecule has 3 heterocycles. The molecule has 0 unspecified atom stereocenters. The number of ether oxygens (including phenoxy) is 2. The molecule has 1 N–H and O–H groups in total. The van der Waals surface area contributed by atoms with Crippen molar-refractivity contribution in [3.05, 3.63) is 35.4 Å². The van der Waals surface area contributed by atoms with E-state index in [1.54, 1.807) is 20.2 Å². The van der Waals surface area contributed by atoms with Crippen molar-refractivity contribution in [2.75, 3.05) is 38.3 Å². The van der Waals surface area contributed by atoms with Crippen molar-refractivity contribution in [2.24, 2.45) is 5.41 Å². The van der Waals surface area contributed by atoms with Crippen molar-refractivity contribution < 1.29 is 23.8 Å². The second kappa shape index (κ2) is 8.78. The van der Waals surface area contributed by atoms with E-state index in [9.17, 15) is 14.3 Å². The Morgan fingerprint density at radius 2 is 2.13 bits per heavy atom. The lowest BCUT2D eigenvalue weighted by Gasteiger charge is -2.37. The van der Waals surface area contributed by atoms with Crippen molar-refractivity contribution in [2.45, 2.75) is 39.0 Å². The highest BCUT2D eigenvalue weighted by atomic mass is 19.1. The zero-order chi connectivity index (χ0) is 22.0. The topological polar surface area (TPSA) is 84.8 Å². The minimum Gasteiger partial charge on any atom is -0.490 e. The van der Waals surface area contributed by atoms with Gasteiger partial charge < -0.3 is 19.5 Å². The van der Waals surface area contributed by atoms with Gasteiger partial charge in [-0.1, -0.05) is 0 Å². The summed E-state index contributed by atoms with van der Waals surface area (Å²) in [4.78, 5) is 23.3. The number of carboxylic acids is 1. The molecule has 166 valence electrons. The van der Waals surface area contributed by atoms with Crippen molar-refractivity contribution in [3.8, 4) is 17.0 Å². The molecule has 0 atom stereocenters. The van der Waals surface area contributed by atoms with Gasteiger partial charge in [0.25, 0.3) is 0 Å². The number of piperidine rings is 1. The molecule has 2 aliphatic heterocycles. The third-order valence-electron chi connectivity index (χ3n) is 6.28. The molecule has 7 nitrogen and oxygen atoms in total. The predicted octanol–water partition coefficient (Wildman–Crippen LogP) is 3.49. The Bertz CT molecular complexity index is 974. The van der Waals surface area contributed by atoms with Crippen LogP contribution in [0.15, 0.2) is 18.3 Å². The summed E-state index contributed by atoms with van der Waals surface area (Å²) < 4.78 is 25.2. The van der Waals surface area contributed by atoms with Crippen LogP contribution in [0.4, 0.5) is 10.2 Å². The van der Waals surface area contributed by atoms with Gasteiger partial charge in [0.1, 0.15) is 5.69 Å². The van der Waals surface area contributed by atoms with Gasteiger partial charge in [0, 0.05) is 50.6 Å². The number of anilines is 1. The van der Waals surface area contributed by atoms with Crippen LogP contribution >= 0.6 is 0 Å². The molecule has 1 aromatic carbocycles. The average molecular weight is 429 g/mol. The van der Waals surface area contributed by atoms with E-state index in [4.69, 9.17) is 14.5 Å². The molecule has 0 aliphatic carbocycles. The van der Waals surface area contributed by atoms with Gasteiger partial charge in [0.2, 0.25) is 0 Å². The SMILES string of the molecule is COCCCc1cnc(-c2cc(F)c3c(c2)CCO3)c(N2CCC(C)(C(=O)O)CC2)n1. The molecule has 0 radical (unpaired) electrons. The number of aliphatic carboxylic acids is 1. The predicted molar refractivity (Wildman–Crippen MR) is 114 cm³/mol. The van der Waals surface area contributed by atoms with Crippen LogP contribution in [0.2, 0.25) is 0 Å². The lowest BCUT2D eigenvalue weighted by Crippen LogP contribution is -2.43. The van der Waals surface area contributed by atoms with Crippen molar-refractivity contribution in [1.82, 2.24) is 9.97 Å². The number of fused-ring (bicyclic) bond motifs is 1. The van der Waals surface area contributed by atoms with Crippen LogP contribution in [0.25, 0.3) is 11.3 Å². The Morgan fingerprint density at radius 1 is 1.35 bits per heavy atom. The standard InChI is InChI=1S/C23H28FN3O4/c1-23(22(28)29)6-8-27(9-7-23)21-19(25-14-17(26-21)4-3-10-30-2)16-12-15-5-11-31-20(15)18(24)13-16/h12-14H,3-11H2,1-2H3,(H,28,29). The molecule has 0 spiro atoms. The molecule has 31 heavy (non-hydrogen) atoms. The van der Waals surface area contributed by atoms with E-state index in [-0.39, 0.29) is 5.82 Å².